The molecule has 1 amide bonds. The molecule has 1 aromatic rings. The molecule has 2 fully saturated rings. The maximum atomic E-state index is 12.9. The average molecular weight is 358 g/mol. The van der Waals surface area contributed by atoms with Crippen molar-refractivity contribution in [3.63, 3.8) is 0 Å². The molecular formula is C20H30N4O2. The first-order valence-corrected chi connectivity index (χ1v) is 10.2. The Hall–Kier alpha value is -1.69. The van der Waals surface area contributed by atoms with E-state index in [2.05, 4.69) is 23.7 Å². The molecule has 0 unspecified atom stereocenters. The monoisotopic (exact) mass is 358 g/mol. The zero-order chi connectivity index (χ0) is 18.3. The van der Waals surface area contributed by atoms with Gasteiger partial charge < -0.3 is 9.88 Å². The van der Waals surface area contributed by atoms with E-state index in [1.165, 1.54) is 0 Å². The molecule has 1 saturated carbocycles. The van der Waals surface area contributed by atoms with Gasteiger partial charge in [-0.25, -0.2) is 4.98 Å². The van der Waals surface area contributed by atoms with Crippen molar-refractivity contribution in [1.29, 1.82) is 0 Å². The lowest BCUT2D eigenvalue weighted by Gasteiger charge is -2.32. The maximum Gasteiger partial charge on any atom is 0.255 e. The number of aromatic amines is 1. The number of nitrogens with one attached hydrogen (secondary N) is 1. The first-order valence-electron chi connectivity index (χ1n) is 10.2. The number of rotatable bonds is 3. The van der Waals surface area contributed by atoms with Crippen LogP contribution in [0.1, 0.15) is 75.5 Å². The highest BCUT2D eigenvalue weighted by Gasteiger charge is 2.36. The number of hydrogen-bond acceptors (Lipinski definition) is 4. The molecule has 0 bridgehead atoms. The smallest absolute Gasteiger partial charge is 0.255 e. The van der Waals surface area contributed by atoms with Gasteiger partial charge in [-0.2, -0.15) is 0 Å². The van der Waals surface area contributed by atoms with Gasteiger partial charge in [0.25, 0.3) is 5.56 Å². The number of hydrogen-bond donors (Lipinski definition) is 1. The summed E-state index contributed by atoms with van der Waals surface area (Å²) in [4.78, 5) is 37.8. The van der Waals surface area contributed by atoms with Crippen LogP contribution in [0.4, 0.5) is 0 Å². The summed E-state index contributed by atoms with van der Waals surface area (Å²) in [6, 6.07) is 0.376. The van der Waals surface area contributed by atoms with Crippen LogP contribution in [0, 0.1) is 5.92 Å². The van der Waals surface area contributed by atoms with Gasteiger partial charge in [-0.05, 0) is 39.5 Å². The Balaban J connectivity index is 1.59. The molecule has 0 spiro atoms. The first-order chi connectivity index (χ1) is 12.5. The quantitative estimate of drug-likeness (QED) is 0.901. The molecular weight excluding hydrogens is 328 g/mol. The molecule has 0 radical (unpaired) electrons. The molecule has 2 aliphatic heterocycles. The van der Waals surface area contributed by atoms with E-state index in [1.54, 1.807) is 0 Å². The molecule has 0 aromatic carbocycles. The summed E-state index contributed by atoms with van der Waals surface area (Å²) >= 11 is 0. The highest BCUT2D eigenvalue weighted by molar-refractivity contribution is 5.79. The Morgan fingerprint density at radius 1 is 1.15 bits per heavy atom. The Kier molecular flexibility index (Phi) is 4.86. The Morgan fingerprint density at radius 2 is 1.92 bits per heavy atom. The summed E-state index contributed by atoms with van der Waals surface area (Å²) in [7, 11) is 0. The highest BCUT2D eigenvalue weighted by Crippen LogP contribution is 2.35. The summed E-state index contributed by atoms with van der Waals surface area (Å²) in [5.74, 6) is 1.16. The van der Waals surface area contributed by atoms with E-state index in [1.807, 2.05) is 4.90 Å². The van der Waals surface area contributed by atoms with E-state index in [9.17, 15) is 9.59 Å². The van der Waals surface area contributed by atoms with Gasteiger partial charge in [-0.3, -0.25) is 14.5 Å². The van der Waals surface area contributed by atoms with E-state index in [0.717, 1.165) is 69.3 Å². The second-order valence-electron chi connectivity index (χ2n) is 8.36. The van der Waals surface area contributed by atoms with Gasteiger partial charge in [0.1, 0.15) is 5.82 Å². The maximum absolute atomic E-state index is 12.9. The van der Waals surface area contributed by atoms with E-state index >= 15 is 0 Å². The number of nitrogens with zero attached hydrogens (tertiary/aromatic N) is 3. The fraction of sp³-hybridized carbons (Fsp3) is 0.750. The molecule has 1 saturated heterocycles. The normalized spacial score (nSPS) is 24.4. The van der Waals surface area contributed by atoms with Crippen molar-refractivity contribution in [2.75, 3.05) is 13.1 Å². The lowest BCUT2D eigenvalue weighted by Crippen LogP contribution is -2.41. The second-order valence-corrected chi connectivity index (χ2v) is 8.36. The number of carbonyl (C=O) groups is 1. The third kappa shape index (κ3) is 3.20. The molecule has 1 aliphatic carbocycles. The number of likely N-dealkylation sites (tertiary alicyclic amines) is 1. The number of carbonyl (C=O) groups excluding carboxylic acids is 1. The summed E-state index contributed by atoms with van der Waals surface area (Å²) in [6.45, 7) is 6.72. The Bertz CT molecular complexity index is 736. The third-order valence-corrected chi connectivity index (χ3v) is 6.40. The lowest BCUT2D eigenvalue weighted by molar-refractivity contribution is -0.136. The predicted octanol–water partition coefficient (Wildman–Crippen LogP) is 2.39. The Morgan fingerprint density at radius 3 is 2.65 bits per heavy atom. The fourth-order valence-corrected chi connectivity index (χ4v) is 4.79. The molecule has 4 rings (SSSR count). The predicted molar refractivity (Wildman–Crippen MR) is 99.8 cm³/mol. The lowest BCUT2D eigenvalue weighted by atomic mass is 10.0. The summed E-state index contributed by atoms with van der Waals surface area (Å²) < 4.78 is 0. The van der Waals surface area contributed by atoms with Crippen molar-refractivity contribution in [1.82, 2.24) is 19.8 Å². The summed E-state index contributed by atoms with van der Waals surface area (Å²) in [5, 5.41) is 0. The van der Waals surface area contributed by atoms with Crippen LogP contribution in [0.5, 0.6) is 0 Å². The minimum atomic E-state index is -0.0516. The van der Waals surface area contributed by atoms with Crippen LogP contribution in [-0.2, 0) is 17.8 Å². The highest BCUT2D eigenvalue weighted by atomic mass is 16.2. The van der Waals surface area contributed by atoms with Crippen LogP contribution in [0.2, 0.25) is 0 Å². The average Bonchev–Trinajstić information content (AvgIpc) is 3.32. The largest absolute Gasteiger partial charge is 0.332 e. The molecule has 3 heterocycles. The van der Waals surface area contributed by atoms with Crippen molar-refractivity contribution < 1.29 is 4.79 Å². The van der Waals surface area contributed by atoms with Gasteiger partial charge in [0.05, 0.1) is 17.3 Å². The van der Waals surface area contributed by atoms with E-state index < -0.39 is 0 Å². The zero-order valence-corrected chi connectivity index (χ0v) is 16.0. The van der Waals surface area contributed by atoms with Crippen molar-refractivity contribution in [2.45, 2.75) is 77.4 Å². The van der Waals surface area contributed by atoms with Crippen molar-refractivity contribution in [3.05, 3.63) is 27.4 Å². The molecule has 1 atom stereocenters. The van der Waals surface area contributed by atoms with Crippen molar-refractivity contribution >= 4 is 5.91 Å². The van der Waals surface area contributed by atoms with Gasteiger partial charge in [0, 0.05) is 38.0 Å². The SMILES string of the molecule is CC(C)N1CCc2nc([C@H]3CCCN3C(=O)C3CCCC3)[nH]c(=O)c2C1. The minimum Gasteiger partial charge on any atom is -0.332 e. The van der Waals surface area contributed by atoms with Crippen LogP contribution in [0.3, 0.4) is 0 Å². The van der Waals surface area contributed by atoms with E-state index in [-0.39, 0.29) is 23.4 Å². The topological polar surface area (TPSA) is 69.3 Å². The minimum absolute atomic E-state index is 0.0180. The van der Waals surface area contributed by atoms with Gasteiger partial charge in [0.2, 0.25) is 5.91 Å². The van der Waals surface area contributed by atoms with Gasteiger partial charge >= 0.3 is 0 Å². The van der Waals surface area contributed by atoms with Crippen LogP contribution in [0.15, 0.2) is 4.79 Å². The van der Waals surface area contributed by atoms with Gasteiger partial charge in [-0.15, -0.1) is 0 Å². The number of H-pyrrole nitrogens is 1. The standard InChI is InChI=1S/C20H30N4O2/c1-13(2)23-11-9-16-15(12-23)19(25)22-18(21-16)17-8-5-10-24(17)20(26)14-6-3-4-7-14/h13-14,17H,3-12H2,1-2H3,(H,21,22,25)/t17-/m1/s1. The van der Waals surface area contributed by atoms with Gasteiger partial charge in [-0.1, -0.05) is 12.8 Å². The molecule has 142 valence electrons. The number of fused-ring (bicyclic) bond motifs is 1. The molecule has 6 heteroatoms. The molecule has 1 N–H and O–H groups in total. The van der Waals surface area contributed by atoms with Crippen LogP contribution < -0.4 is 5.56 Å². The van der Waals surface area contributed by atoms with Crippen LogP contribution in [-0.4, -0.2) is 44.8 Å². The fourth-order valence-electron chi connectivity index (χ4n) is 4.79. The van der Waals surface area contributed by atoms with Gasteiger partial charge in [0.15, 0.2) is 0 Å². The first kappa shape index (κ1) is 17.7. The van der Waals surface area contributed by atoms with E-state index in [4.69, 9.17) is 4.98 Å². The Labute approximate surface area is 155 Å². The summed E-state index contributed by atoms with van der Waals surface area (Å²) in [6.07, 6.45) is 7.06. The summed E-state index contributed by atoms with van der Waals surface area (Å²) in [5.41, 5.74) is 1.72. The zero-order valence-electron chi connectivity index (χ0n) is 16.0. The molecule has 3 aliphatic rings. The number of aromatic nitrogens is 2. The number of amides is 1. The van der Waals surface area contributed by atoms with E-state index in [0.29, 0.717) is 18.4 Å². The van der Waals surface area contributed by atoms with Crippen molar-refractivity contribution in [2.24, 2.45) is 5.92 Å². The third-order valence-electron chi connectivity index (χ3n) is 6.40. The molecule has 26 heavy (non-hydrogen) atoms. The molecule has 6 nitrogen and oxygen atoms in total. The molecule has 1 aromatic heterocycles. The van der Waals surface area contributed by atoms with Crippen LogP contribution >= 0.6 is 0 Å². The van der Waals surface area contributed by atoms with Crippen molar-refractivity contribution in [3.8, 4) is 0 Å². The second kappa shape index (κ2) is 7.14. The van der Waals surface area contributed by atoms with Crippen LogP contribution in [0.25, 0.3) is 0 Å².